The van der Waals surface area contributed by atoms with Crippen molar-refractivity contribution in [3.05, 3.63) is 130 Å². The summed E-state index contributed by atoms with van der Waals surface area (Å²) >= 11 is -5.29. The maximum atomic E-state index is 5.76. The van der Waals surface area contributed by atoms with Crippen LogP contribution in [0.25, 0.3) is 34.4 Å². The van der Waals surface area contributed by atoms with E-state index in [9.17, 15) is 0 Å². The Kier molecular flexibility index (Phi) is 7.12. The summed E-state index contributed by atoms with van der Waals surface area (Å²) in [5, 5.41) is 0. The van der Waals surface area contributed by atoms with E-state index in [4.69, 9.17) is 4.26 Å². The second kappa shape index (κ2) is 9.84. The molecule has 6 rings (SSSR count). The van der Waals surface area contributed by atoms with Crippen molar-refractivity contribution >= 4 is 16.4 Å². The Morgan fingerprint density at radius 2 is 0.979 bits per heavy atom. The molecule has 0 fully saturated rings. The summed E-state index contributed by atoms with van der Waals surface area (Å²) in [4.78, 5) is 0. The van der Waals surface area contributed by atoms with Crippen LogP contribution in [-0.4, -0.2) is 4.26 Å². The van der Waals surface area contributed by atoms with E-state index in [0.29, 0.717) is 5.92 Å². The van der Waals surface area contributed by atoms with Gasteiger partial charge in [-0.25, -0.2) is 0 Å². The molecule has 0 N–H and O–H groups in total. The van der Waals surface area contributed by atoms with Crippen LogP contribution in [0.2, 0.25) is 18.2 Å². The summed E-state index contributed by atoms with van der Waals surface area (Å²) < 4.78 is 15.6. The summed E-state index contributed by atoms with van der Waals surface area (Å²) in [6.45, 7) is 18.6. The van der Waals surface area contributed by atoms with Crippen molar-refractivity contribution in [3.8, 4) is 22.3 Å². The van der Waals surface area contributed by atoms with Crippen molar-refractivity contribution in [1.82, 2.24) is 0 Å². The average Bonchev–Trinajstić information content (AvgIpc) is 3.62. The van der Waals surface area contributed by atoms with E-state index in [1.165, 1.54) is 55.6 Å². The van der Waals surface area contributed by atoms with E-state index in [-0.39, 0.29) is 18.2 Å². The van der Waals surface area contributed by atoms with Crippen LogP contribution >= 0.6 is 0 Å². The minimum absolute atomic E-state index is 0.103. The molecule has 0 heterocycles. The molecule has 0 spiro atoms. The zero-order valence-corrected chi connectivity index (χ0v) is 34.6. The third-order valence-electron chi connectivity index (χ3n) is 12.4. The van der Waals surface area contributed by atoms with Gasteiger partial charge in [-0.1, -0.05) is 0 Å². The predicted octanol–water partition coefficient (Wildman–Crippen LogP) is 13.9. The molecule has 2 atom stereocenters. The van der Waals surface area contributed by atoms with Crippen molar-refractivity contribution in [2.75, 3.05) is 0 Å². The van der Waals surface area contributed by atoms with E-state index in [1.807, 2.05) is 0 Å². The Morgan fingerprint density at radius 1 is 0.596 bits per heavy atom. The number of allylic oxidation sites excluding steroid dienone is 2. The quantitative estimate of drug-likeness (QED) is 0.171. The fraction of sp³-hybridized carbons (Fsp3) is 0.370. The average molecular weight is 789 g/mol. The maximum absolute atomic E-state index is 5.76. The first-order valence-corrected chi connectivity index (χ1v) is 38.0. The molecule has 0 aliphatic heterocycles. The van der Waals surface area contributed by atoms with Crippen LogP contribution in [0.3, 0.4) is 0 Å². The molecule has 0 saturated heterocycles. The van der Waals surface area contributed by atoms with Crippen LogP contribution < -0.4 is 0 Å². The van der Waals surface area contributed by atoms with Gasteiger partial charge < -0.3 is 0 Å². The summed E-state index contributed by atoms with van der Waals surface area (Å²) in [7, 11) is 0. The van der Waals surface area contributed by atoms with Gasteiger partial charge >= 0.3 is 282 Å². The Hall–Kier alpha value is -2.90. The zero-order chi connectivity index (χ0) is 34.3. The van der Waals surface area contributed by atoms with Gasteiger partial charge in [-0.05, 0) is 0 Å². The minimum atomic E-state index is -5.29. The normalized spacial score (nSPS) is 20.0. The molecular formula is C46H58Hf. The van der Waals surface area contributed by atoms with E-state index >= 15 is 0 Å². The topological polar surface area (TPSA) is 0 Å². The third-order valence-corrected chi connectivity index (χ3v) is 48.4. The molecular weight excluding hydrogens is 731 g/mol. The first-order chi connectivity index (χ1) is 21.6. The van der Waals surface area contributed by atoms with Crippen molar-refractivity contribution in [2.24, 2.45) is 5.92 Å². The van der Waals surface area contributed by atoms with Crippen LogP contribution in [0.15, 0.2) is 97.1 Å². The van der Waals surface area contributed by atoms with Crippen molar-refractivity contribution in [1.29, 1.82) is 0 Å². The van der Waals surface area contributed by atoms with E-state index < -0.39 is 15.1 Å². The van der Waals surface area contributed by atoms with Crippen molar-refractivity contribution in [2.45, 2.75) is 91.8 Å². The fourth-order valence-corrected chi connectivity index (χ4v) is 48.5. The van der Waals surface area contributed by atoms with Gasteiger partial charge in [0.05, 0.1) is 0 Å². The molecule has 0 nitrogen and oxygen atoms in total. The van der Waals surface area contributed by atoms with E-state index in [1.54, 1.807) is 0 Å². The van der Waals surface area contributed by atoms with Gasteiger partial charge in [-0.2, -0.15) is 0 Å². The number of rotatable bonds is 6. The van der Waals surface area contributed by atoms with Gasteiger partial charge in [-0.15, -0.1) is 0 Å². The molecule has 0 saturated carbocycles. The molecule has 0 amide bonds. The molecule has 2 aliphatic carbocycles. The molecule has 4 aromatic carbocycles. The number of benzene rings is 4. The summed E-state index contributed by atoms with van der Waals surface area (Å²) in [6.07, 6.45) is 10.0. The van der Waals surface area contributed by atoms with E-state index in [2.05, 4.69) is 179 Å². The Labute approximate surface area is 280 Å². The monoisotopic (exact) mass is 790 g/mol. The molecule has 0 bridgehead atoms. The summed E-state index contributed by atoms with van der Waals surface area (Å²) in [6, 6.07) is 32.5. The van der Waals surface area contributed by atoms with Gasteiger partial charge in [0.15, 0.2) is 0 Å². The second-order valence-electron chi connectivity index (χ2n) is 21.1. The Balaban J connectivity index is 1.55. The molecule has 246 valence electrons. The standard InChI is InChI=1S/2C19H19.C4H9.3CH3.CH2.Hf/c2*1-19(2,3)16-10-4-9-15(13-16)18-12-6-8-14-7-5-11-17(14)18;1-4(2)3;;;;;/h2*4-13H,1-3H3;4H,1H2,2-3H3;3*1H3;1H2;. The fourth-order valence-electron chi connectivity index (χ4n) is 10.4. The van der Waals surface area contributed by atoms with Gasteiger partial charge in [-0.3, -0.25) is 0 Å². The van der Waals surface area contributed by atoms with Gasteiger partial charge in [0, 0.05) is 0 Å². The van der Waals surface area contributed by atoms with Crippen LogP contribution in [0.5, 0.6) is 0 Å². The summed E-state index contributed by atoms with van der Waals surface area (Å²) in [5.74, 6) is 0.519. The first kappa shape index (κ1) is 34.0. The van der Waals surface area contributed by atoms with Gasteiger partial charge in [0.25, 0.3) is 0 Å². The molecule has 4 aromatic rings. The van der Waals surface area contributed by atoms with Crippen LogP contribution in [-0.2, 0) is 25.9 Å². The number of fused-ring (bicyclic) bond motifs is 2. The molecule has 2 aliphatic rings. The SMILES string of the molecule is [CH2]=[Hf]([CH3])([CH3])([CH3])([CH2]C(C)C)([CH]1C=Cc2c(-c3cccc(C(C)(C)C)c3)cccc21)[CH]1C=Cc2c(-c3cccc(C(C)(C)C)c3)cccc21. The van der Waals surface area contributed by atoms with Crippen LogP contribution in [0.1, 0.15) is 96.1 Å². The summed E-state index contributed by atoms with van der Waals surface area (Å²) in [5.41, 5.74) is 13.9. The number of hydrogen-bond acceptors (Lipinski definition) is 0. The van der Waals surface area contributed by atoms with Gasteiger partial charge in [0.2, 0.25) is 0 Å². The molecule has 0 radical (unpaired) electrons. The first-order valence-electron chi connectivity index (χ1n) is 18.0. The number of hydrogen-bond donors (Lipinski definition) is 0. The third kappa shape index (κ3) is 5.50. The van der Waals surface area contributed by atoms with Crippen LogP contribution in [0, 0.1) is 5.92 Å². The van der Waals surface area contributed by atoms with Crippen molar-refractivity contribution < 1.29 is 15.1 Å². The van der Waals surface area contributed by atoms with E-state index in [0.717, 1.165) is 4.18 Å². The second-order valence-corrected chi connectivity index (χ2v) is 74.4. The molecule has 2 unspecified atom stereocenters. The molecule has 0 aromatic heterocycles. The zero-order valence-electron chi connectivity index (χ0n) is 31.0. The molecule has 1 heteroatoms. The van der Waals surface area contributed by atoms with Crippen molar-refractivity contribution in [3.63, 3.8) is 0 Å². The Bertz CT molecular complexity index is 1960. The van der Waals surface area contributed by atoms with Gasteiger partial charge in [0.1, 0.15) is 0 Å². The Morgan fingerprint density at radius 3 is 1.34 bits per heavy atom. The molecule has 47 heavy (non-hydrogen) atoms. The predicted molar refractivity (Wildman–Crippen MR) is 209 cm³/mol. The van der Waals surface area contributed by atoms with Crippen LogP contribution in [0.4, 0.5) is 0 Å².